The summed E-state index contributed by atoms with van der Waals surface area (Å²) in [6.45, 7) is 1.94. The van der Waals surface area contributed by atoms with E-state index in [0.717, 1.165) is 12.1 Å². The van der Waals surface area contributed by atoms with Crippen molar-refractivity contribution in [3.63, 3.8) is 0 Å². The minimum absolute atomic E-state index is 0.0277. The van der Waals surface area contributed by atoms with E-state index in [-0.39, 0.29) is 34.5 Å². The van der Waals surface area contributed by atoms with Crippen LogP contribution in [-0.4, -0.2) is 22.6 Å². The number of hydrogen-bond donors (Lipinski definition) is 0. The maximum absolute atomic E-state index is 14.1. The normalized spacial score (nSPS) is 20.5. The highest BCUT2D eigenvalue weighted by Gasteiger charge is 2.37. The molecule has 2 bridgehead atoms. The molecule has 2 aromatic heterocycles. The highest BCUT2D eigenvalue weighted by Crippen LogP contribution is 2.39. The van der Waals surface area contributed by atoms with Crippen molar-refractivity contribution in [2.75, 3.05) is 18.0 Å². The van der Waals surface area contributed by atoms with Crippen molar-refractivity contribution >= 4 is 5.88 Å². The van der Waals surface area contributed by atoms with Crippen LogP contribution in [-0.2, 0) is 6.54 Å². The molecular weight excluding hydrogens is 359 g/mol. The number of nitrogens with zero attached hydrogens (tertiary/aromatic N) is 4. The van der Waals surface area contributed by atoms with E-state index in [1.165, 1.54) is 6.07 Å². The second-order valence-electron chi connectivity index (χ2n) is 7.37. The van der Waals surface area contributed by atoms with Crippen LogP contribution in [0.1, 0.15) is 23.7 Å². The molecule has 2 aliphatic rings. The second kappa shape index (κ2) is 6.34. The Labute approximate surface area is 160 Å². The highest BCUT2D eigenvalue weighted by molar-refractivity contribution is 5.60. The lowest BCUT2D eigenvalue weighted by atomic mass is 9.83. The fourth-order valence-electron chi connectivity index (χ4n) is 4.41. The van der Waals surface area contributed by atoms with Crippen LogP contribution in [0.2, 0.25) is 0 Å². The molecule has 0 spiro atoms. The third-order valence-electron chi connectivity index (χ3n) is 5.59. The van der Waals surface area contributed by atoms with Gasteiger partial charge in [-0.15, -0.1) is 0 Å². The summed E-state index contributed by atoms with van der Waals surface area (Å²) < 4.78 is 21.9. The molecule has 0 radical (unpaired) electrons. The van der Waals surface area contributed by atoms with Crippen LogP contribution in [0.5, 0.6) is 0 Å². The van der Waals surface area contributed by atoms with Crippen molar-refractivity contribution in [3.8, 4) is 17.5 Å². The Morgan fingerprint density at radius 2 is 2.00 bits per heavy atom. The van der Waals surface area contributed by atoms with E-state index in [1.807, 2.05) is 15.5 Å². The summed E-state index contributed by atoms with van der Waals surface area (Å²) in [4.78, 5) is 18.4. The number of piperidine rings is 1. The molecule has 0 N–H and O–H groups in total. The Kier molecular flexibility index (Phi) is 3.79. The standard InChI is InChI=1S/C21H17FN4O2/c22-16-5-2-1-4-15(16)20-24-17(9-23)21(28-20)25-10-13-8-14(12-25)18-6-3-7-19(27)26(18)11-13/h1-7,13-14H,8,10-12H2/t13-,14+/m0/s1. The molecule has 0 aliphatic carbocycles. The predicted octanol–water partition coefficient (Wildman–Crippen LogP) is 3.14. The first-order chi connectivity index (χ1) is 13.6. The van der Waals surface area contributed by atoms with Gasteiger partial charge in [0.25, 0.3) is 5.56 Å². The van der Waals surface area contributed by atoms with E-state index in [0.29, 0.717) is 25.5 Å². The highest BCUT2D eigenvalue weighted by atomic mass is 19.1. The van der Waals surface area contributed by atoms with E-state index < -0.39 is 5.82 Å². The molecule has 1 saturated heterocycles. The molecule has 0 unspecified atom stereocenters. The molecule has 28 heavy (non-hydrogen) atoms. The van der Waals surface area contributed by atoms with Gasteiger partial charge in [0.2, 0.25) is 17.5 Å². The van der Waals surface area contributed by atoms with E-state index in [4.69, 9.17) is 4.42 Å². The predicted molar refractivity (Wildman–Crippen MR) is 100 cm³/mol. The van der Waals surface area contributed by atoms with Gasteiger partial charge in [0, 0.05) is 37.3 Å². The first-order valence-electron chi connectivity index (χ1n) is 9.24. The topological polar surface area (TPSA) is 75.1 Å². The Hall–Kier alpha value is -3.40. The Bertz CT molecular complexity index is 1160. The third kappa shape index (κ3) is 2.61. The zero-order valence-corrected chi connectivity index (χ0v) is 15.0. The molecule has 0 saturated carbocycles. The number of hydrogen-bond acceptors (Lipinski definition) is 5. The zero-order chi connectivity index (χ0) is 19.3. The van der Waals surface area contributed by atoms with Crippen LogP contribution in [0.3, 0.4) is 0 Å². The Morgan fingerprint density at radius 1 is 1.14 bits per heavy atom. The molecule has 0 amide bonds. The van der Waals surface area contributed by atoms with Crippen molar-refractivity contribution in [1.82, 2.24) is 9.55 Å². The number of fused-ring (bicyclic) bond motifs is 4. The number of rotatable bonds is 2. The van der Waals surface area contributed by atoms with Crippen LogP contribution >= 0.6 is 0 Å². The number of anilines is 1. The molecule has 5 rings (SSSR count). The molecule has 4 heterocycles. The van der Waals surface area contributed by atoms with E-state index in [2.05, 4.69) is 11.1 Å². The Balaban J connectivity index is 1.52. The summed E-state index contributed by atoms with van der Waals surface area (Å²) in [6.07, 6.45) is 0.996. The van der Waals surface area contributed by atoms with Gasteiger partial charge in [0.15, 0.2) is 0 Å². The monoisotopic (exact) mass is 376 g/mol. The molecule has 140 valence electrons. The molecule has 2 aliphatic heterocycles. The fourth-order valence-corrected chi connectivity index (χ4v) is 4.41. The maximum atomic E-state index is 14.1. The zero-order valence-electron chi connectivity index (χ0n) is 15.0. The molecule has 2 atom stereocenters. The SMILES string of the molecule is N#Cc1nc(-c2ccccc2F)oc1N1C[C@@H]2C[C@H](C1)c1cccc(=O)n1C2. The molecule has 3 aromatic rings. The molecule has 1 aromatic carbocycles. The second-order valence-corrected chi connectivity index (χ2v) is 7.37. The van der Waals surface area contributed by atoms with Crippen LogP contribution < -0.4 is 10.5 Å². The lowest BCUT2D eigenvalue weighted by Crippen LogP contribution is -2.47. The maximum Gasteiger partial charge on any atom is 0.250 e. The number of oxazole rings is 1. The van der Waals surface area contributed by atoms with Gasteiger partial charge in [0.05, 0.1) is 5.56 Å². The summed E-state index contributed by atoms with van der Waals surface area (Å²) in [5.74, 6) is 0.498. The minimum atomic E-state index is -0.441. The Morgan fingerprint density at radius 3 is 2.82 bits per heavy atom. The summed E-state index contributed by atoms with van der Waals surface area (Å²) in [5, 5.41) is 9.54. The van der Waals surface area contributed by atoms with Gasteiger partial charge in [-0.05, 0) is 30.5 Å². The summed E-state index contributed by atoms with van der Waals surface area (Å²) in [5.41, 5.74) is 1.43. The van der Waals surface area contributed by atoms with Gasteiger partial charge in [0.1, 0.15) is 11.9 Å². The van der Waals surface area contributed by atoms with Crippen molar-refractivity contribution in [2.24, 2.45) is 5.92 Å². The van der Waals surface area contributed by atoms with Crippen LogP contribution in [0.4, 0.5) is 10.3 Å². The average molecular weight is 376 g/mol. The van der Waals surface area contributed by atoms with Gasteiger partial charge < -0.3 is 13.9 Å². The minimum Gasteiger partial charge on any atom is -0.419 e. The van der Waals surface area contributed by atoms with Crippen molar-refractivity contribution in [2.45, 2.75) is 18.9 Å². The van der Waals surface area contributed by atoms with Gasteiger partial charge >= 0.3 is 0 Å². The first-order valence-corrected chi connectivity index (χ1v) is 9.24. The summed E-state index contributed by atoms with van der Waals surface area (Å²) >= 11 is 0. The van der Waals surface area contributed by atoms with Gasteiger partial charge in [-0.1, -0.05) is 18.2 Å². The van der Waals surface area contributed by atoms with Crippen LogP contribution in [0, 0.1) is 23.1 Å². The first kappa shape index (κ1) is 16.8. The van der Waals surface area contributed by atoms with Crippen LogP contribution in [0.25, 0.3) is 11.5 Å². The largest absolute Gasteiger partial charge is 0.419 e. The summed E-state index contributed by atoms with van der Waals surface area (Å²) in [6, 6.07) is 13.7. The van der Waals surface area contributed by atoms with E-state index in [1.54, 1.807) is 30.3 Å². The van der Waals surface area contributed by atoms with Gasteiger partial charge in [-0.3, -0.25) is 4.79 Å². The molecule has 7 heteroatoms. The van der Waals surface area contributed by atoms with E-state index >= 15 is 0 Å². The quantitative estimate of drug-likeness (QED) is 0.687. The smallest absolute Gasteiger partial charge is 0.250 e. The number of aromatic nitrogens is 2. The fraction of sp³-hybridized carbons (Fsp3) is 0.286. The average Bonchev–Trinajstić information content (AvgIpc) is 3.13. The van der Waals surface area contributed by atoms with Crippen molar-refractivity contribution in [1.29, 1.82) is 5.26 Å². The number of pyridine rings is 1. The molecule has 1 fully saturated rings. The number of benzene rings is 1. The van der Waals surface area contributed by atoms with Gasteiger partial charge in [-0.2, -0.15) is 10.2 Å². The summed E-state index contributed by atoms with van der Waals surface area (Å²) in [7, 11) is 0. The molecular formula is C21H17FN4O2. The van der Waals surface area contributed by atoms with E-state index in [9.17, 15) is 14.4 Å². The van der Waals surface area contributed by atoms with Crippen LogP contribution in [0.15, 0.2) is 51.7 Å². The third-order valence-corrected chi connectivity index (χ3v) is 5.59. The van der Waals surface area contributed by atoms with Crippen molar-refractivity contribution < 1.29 is 8.81 Å². The number of nitriles is 1. The number of halogens is 1. The van der Waals surface area contributed by atoms with Crippen molar-refractivity contribution in [3.05, 3.63) is 70.0 Å². The van der Waals surface area contributed by atoms with Gasteiger partial charge in [-0.25, -0.2) is 4.39 Å². The lowest BCUT2D eigenvalue weighted by molar-refractivity contribution is 0.275. The molecule has 6 nitrogen and oxygen atoms in total. The lowest BCUT2D eigenvalue weighted by Gasteiger charge is -2.42.